The fourth-order valence-corrected chi connectivity index (χ4v) is 1.73. The summed E-state index contributed by atoms with van der Waals surface area (Å²) in [5.41, 5.74) is 6.57. The van der Waals surface area contributed by atoms with Gasteiger partial charge in [0, 0.05) is 18.2 Å². The molecule has 0 unspecified atom stereocenters. The lowest BCUT2D eigenvalue weighted by molar-refractivity contribution is 0.476. The SMILES string of the molecule is NCc1ccccc1Oc1ccc(Cl)c(Cl)c1. The van der Waals surface area contributed by atoms with Crippen LogP contribution in [0.3, 0.4) is 0 Å². The molecule has 0 saturated heterocycles. The molecule has 2 rings (SSSR count). The van der Waals surface area contributed by atoms with Crippen molar-refractivity contribution in [1.82, 2.24) is 0 Å². The van der Waals surface area contributed by atoms with E-state index in [1.807, 2.05) is 24.3 Å². The molecule has 0 radical (unpaired) electrons. The molecule has 0 heterocycles. The fourth-order valence-electron chi connectivity index (χ4n) is 1.44. The summed E-state index contributed by atoms with van der Waals surface area (Å²) in [6, 6.07) is 12.7. The van der Waals surface area contributed by atoms with Gasteiger partial charge in [0.25, 0.3) is 0 Å². The van der Waals surface area contributed by atoms with Crippen molar-refractivity contribution in [3.8, 4) is 11.5 Å². The standard InChI is InChI=1S/C13H11Cl2NO/c14-11-6-5-10(7-12(11)15)17-13-4-2-1-3-9(13)8-16/h1-7H,8,16H2. The third-order valence-corrected chi connectivity index (χ3v) is 3.05. The van der Waals surface area contributed by atoms with Crippen molar-refractivity contribution in [2.75, 3.05) is 0 Å². The summed E-state index contributed by atoms with van der Waals surface area (Å²) in [7, 11) is 0. The first-order valence-electron chi connectivity index (χ1n) is 5.11. The Morgan fingerprint density at radius 1 is 1.00 bits per heavy atom. The topological polar surface area (TPSA) is 35.2 Å². The number of halogens is 2. The Morgan fingerprint density at radius 2 is 1.76 bits per heavy atom. The highest BCUT2D eigenvalue weighted by atomic mass is 35.5. The van der Waals surface area contributed by atoms with Crippen molar-refractivity contribution < 1.29 is 4.74 Å². The van der Waals surface area contributed by atoms with Crippen LogP contribution in [-0.4, -0.2) is 0 Å². The van der Waals surface area contributed by atoms with E-state index in [-0.39, 0.29) is 0 Å². The van der Waals surface area contributed by atoms with Crippen LogP contribution in [0.2, 0.25) is 10.0 Å². The van der Waals surface area contributed by atoms with Crippen molar-refractivity contribution in [1.29, 1.82) is 0 Å². The van der Waals surface area contributed by atoms with Crippen LogP contribution in [0.5, 0.6) is 11.5 Å². The first kappa shape index (κ1) is 12.2. The number of rotatable bonds is 3. The van der Waals surface area contributed by atoms with E-state index in [0.29, 0.717) is 22.3 Å². The summed E-state index contributed by atoms with van der Waals surface area (Å²) in [6.07, 6.45) is 0. The van der Waals surface area contributed by atoms with Gasteiger partial charge in [-0.1, -0.05) is 41.4 Å². The van der Waals surface area contributed by atoms with Crippen molar-refractivity contribution in [3.63, 3.8) is 0 Å². The summed E-state index contributed by atoms with van der Waals surface area (Å²) >= 11 is 11.8. The molecular weight excluding hydrogens is 257 g/mol. The molecule has 0 amide bonds. The molecule has 2 aromatic rings. The summed E-state index contributed by atoms with van der Waals surface area (Å²) in [5, 5.41) is 0.973. The van der Waals surface area contributed by atoms with E-state index in [0.717, 1.165) is 11.3 Å². The molecule has 0 fully saturated rings. The highest BCUT2D eigenvalue weighted by Crippen LogP contribution is 2.30. The van der Waals surface area contributed by atoms with Gasteiger partial charge in [-0.3, -0.25) is 0 Å². The molecule has 0 atom stereocenters. The monoisotopic (exact) mass is 267 g/mol. The average molecular weight is 268 g/mol. The summed E-state index contributed by atoms with van der Waals surface area (Å²) in [6.45, 7) is 0.428. The molecule has 0 spiro atoms. The lowest BCUT2D eigenvalue weighted by atomic mass is 10.2. The van der Waals surface area contributed by atoms with Gasteiger partial charge in [-0.15, -0.1) is 0 Å². The second-order valence-corrected chi connectivity index (χ2v) is 4.30. The van der Waals surface area contributed by atoms with E-state index in [1.165, 1.54) is 0 Å². The summed E-state index contributed by atoms with van der Waals surface area (Å²) in [5.74, 6) is 1.37. The van der Waals surface area contributed by atoms with Crippen LogP contribution >= 0.6 is 23.2 Å². The van der Waals surface area contributed by atoms with Crippen LogP contribution in [0, 0.1) is 0 Å². The zero-order valence-corrected chi connectivity index (χ0v) is 10.5. The predicted molar refractivity (Wildman–Crippen MR) is 70.9 cm³/mol. The van der Waals surface area contributed by atoms with Crippen LogP contribution in [0.25, 0.3) is 0 Å². The van der Waals surface area contributed by atoms with E-state index in [4.69, 9.17) is 33.7 Å². The third kappa shape index (κ3) is 2.91. The molecular formula is C13H11Cl2NO. The Balaban J connectivity index is 2.28. The van der Waals surface area contributed by atoms with Gasteiger partial charge in [-0.2, -0.15) is 0 Å². The number of ether oxygens (including phenoxy) is 1. The smallest absolute Gasteiger partial charge is 0.131 e. The van der Waals surface area contributed by atoms with Crippen LogP contribution < -0.4 is 10.5 Å². The molecule has 0 aliphatic rings. The van der Waals surface area contributed by atoms with Crippen molar-refractivity contribution in [3.05, 3.63) is 58.1 Å². The molecule has 4 heteroatoms. The summed E-state index contributed by atoms with van der Waals surface area (Å²) in [4.78, 5) is 0. The molecule has 88 valence electrons. The van der Waals surface area contributed by atoms with E-state index < -0.39 is 0 Å². The zero-order valence-electron chi connectivity index (χ0n) is 8.99. The maximum absolute atomic E-state index is 5.92. The van der Waals surface area contributed by atoms with Gasteiger partial charge in [0.05, 0.1) is 10.0 Å². The molecule has 0 aliphatic heterocycles. The Labute approximate surface area is 110 Å². The molecule has 2 N–H and O–H groups in total. The quantitative estimate of drug-likeness (QED) is 0.903. The largest absolute Gasteiger partial charge is 0.457 e. The average Bonchev–Trinajstić information content (AvgIpc) is 2.34. The van der Waals surface area contributed by atoms with E-state index in [9.17, 15) is 0 Å². The van der Waals surface area contributed by atoms with Crippen molar-refractivity contribution in [2.45, 2.75) is 6.54 Å². The minimum absolute atomic E-state index is 0.428. The lowest BCUT2D eigenvalue weighted by Crippen LogP contribution is -1.98. The maximum atomic E-state index is 5.92. The zero-order chi connectivity index (χ0) is 12.3. The summed E-state index contributed by atoms with van der Waals surface area (Å²) < 4.78 is 5.71. The van der Waals surface area contributed by atoms with Gasteiger partial charge in [0.2, 0.25) is 0 Å². The van der Waals surface area contributed by atoms with E-state index in [2.05, 4.69) is 0 Å². The van der Waals surface area contributed by atoms with Crippen LogP contribution in [0.1, 0.15) is 5.56 Å². The second-order valence-electron chi connectivity index (χ2n) is 3.49. The van der Waals surface area contributed by atoms with Gasteiger partial charge in [-0.05, 0) is 18.2 Å². The fraction of sp³-hybridized carbons (Fsp3) is 0.0769. The molecule has 17 heavy (non-hydrogen) atoms. The van der Waals surface area contributed by atoms with Crippen LogP contribution in [0.15, 0.2) is 42.5 Å². The van der Waals surface area contributed by atoms with Gasteiger partial charge in [0.1, 0.15) is 11.5 Å². The molecule has 0 aromatic heterocycles. The minimum Gasteiger partial charge on any atom is -0.457 e. The van der Waals surface area contributed by atoms with Crippen molar-refractivity contribution >= 4 is 23.2 Å². The molecule has 2 aromatic carbocycles. The predicted octanol–water partition coefficient (Wildman–Crippen LogP) is 4.24. The maximum Gasteiger partial charge on any atom is 0.131 e. The minimum atomic E-state index is 0.428. The second kappa shape index (κ2) is 5.41. The van der Waals surface area contributed by atoms with Gasteiger partial charge in [-0.25, -0.2) is 0 Å². The molecule has 2 nitrogen and oxygen atoms in total. The lowest BCUT2D eigenvalue weighted by Gasteiger charge is -2.10. The Bertz CT molecular complexity index is 529. The third-order valence-electron chi connectivity index (χ3n) is 2.31. The number of nitrogens with two attached hydrogens (primary N) is 1. The number of hydrogen-bond donors (Lipinski definition) is 1. The first-order valence-corrected chi connectivity index (χ1v) is 5.87. The van der Waals surface area contributed by atoms with E-state index >= 15 is 0 Å². The van der Waals surface area contributed by atoms with Crippen LogP contribution in [0.4, 0.5) is 0 Å². The molecule has 0 aliphatic carbocycles. The van der Waals surface area contributed by atoms with Crippen molar-refractivity contribution in [2.24, 2.45) is 5.73 Å². The Hall–Kier alpha value is -1.22. The van der Waals surface area contributed by atoms with Gasteiger partial charge >= 0.3 is 0 Å². The van der Waals surface area contributed by atoms with Gasteiger partial charge < -0.3 is 10.5 Å². The molecule has 0 saturated carbocycles. The Kier molecular flexibility index (Phi) is 3.89. The number of benzene rings is 2. The van der Waals surface area contributed by atoms with Gasteiger partial charge in [0.15, 0.2) is 0 Å². The Morgan fingerprint density at radius 3 is 2.47 bits per heavy atom. The molecule has 0 bridgehead atoms. The number of para-hydroxylation sites is 1. The van der Waals surface area contributed by atoms with Crippen LogP contribution in [-0.2, 0) is 6.54 Å². The highest BCUT2D eigenvalue weighted by molar-refractivity contribution is 6.42. The first-order chi connectivity index (χ1) is 8.20. The normalized spacial score (nSPS) is 10.3. The van der Waals surface area contributed by atoms with E-state index in [1.54, 1.807) is 18.2 Å². The number of hydrogen-bond acceptors (Lipinski definition) is 2. The highest BCUT2D eigenvalue weighted by Gasteiger charge is 2.04.